The van der Waals surface area contributed by atoms with Crippen molar-refractivity contribution in [2.24, 2.45) is 0 Å². The molecule has 29 heavy (non-hydrogen) atoms. The Morgan fingerprint density at radius 2 is 1.17 bits per heavy atom. The number of carbonyl (C=O) groups is 2. The third-order valence-corrected chi connectivity index (χ3v) is 3.66. The Bertz CT molecular complexity index is 973. The van der Waals surface area contributed by atoms with Crippen LogP contribution in [0.5, 0.6) is 11.5 Å². The van der Waals surface area contributed by atoms with Crippen molar-refractivity contribution >= 4 is 35.1 Å². The van der Waals surface area contributed by atoms with E-state index in [2.05, 4.69) is 0 Å². The van der Waals surface area contributed by atoms with E-state index < -0.39 is 50.7 Å². The molecule has 0 spiro atoms. The predicted molar refractivity (Wildman–Crippen MR) is 102 cm³/mol. The molecule has 0 aliphatic heterocycles. The normalized spacial score (nSPS) is 11.0. The average molecular weight is 398 g/mol. The van der Waals surface area contributed by atoms with E-state index >= 15 is 0 Å². The van der Waals surface area contributed by atoms with Gasteiger partial charge in [-0.05, 0) is 35.4 Å². The second-order valence-electron chi connectivity index (χ2n) is 5.79. The van der Waals surface area contributed by atoms with E-state index in [0.29, 0.717) is 11.1 Å². The number of phenolic OH excluding ortho intramolecular Hbond substituents is 2. The van der Waals surface area contributed by atoms with E-state index in [4.69, 9.17) is 0 Å². The predicted octanol–water partition coefficient (Wildman–Crippen LogP) is 3.17. The lowest BCUT2D eigenvalue weighted by molar-refractivity contribution is -0.386. The summed E-state index contributed by atoms with van der Waals surface area (Å²) >= 11 is 0. The molecule has 0 amide bonds. The summed E-state index contributed by atoms with van der Waals surface area (Å²) in [5.41, 5.74) is -0.437. The number of allylic oxidation sites excluding steroid dienone is 2. The van der Waals surface area contributed by atoms with Crippen molar-refractivity contribution in [1.82, 2.24) is 0 Å². The van der Waals surface area contributed by atoms with Gasteiger partial charge in [0.25, 0.3) is 0 Å². The molecule has 0 fully saturated rings. The Morgan fingerprint density at radius 1 is 0.793 bits per heavy atom. The highest BCUT2D eigenvalue weighted by Gasteiger charge is 2.14. The van der Waals surface area contributed by atoms with Crippen LogP contribution in [0.3, 0.4) is 0 Å². The fraction of sp³-hybridized carbons (Fsp3) is 0.0526. The van der Waals surface area contributed by atoms with Crippen LogP contribution >= 0.6 is 0 Å². The summed E-state index contributed by atoms with van der Waals surface area (Å²) in [7, 11) is 0. The lowest BCUT2D eigenvalue weighted by atomic mass is 10.1. The molecular weight excluding hydrogens is 384 g/mol. The molecule has 2 rings (SSSR count). The van der Waals surface area contributed by atoms with Crippen LogP contribution in [0.2, 0.25) is 0 Å². The zero-order chi connectivity index (χ0) is 21.6. The molecule has 0 saturated carbocycles. The molecule has 0 saturated heterocycles. The van der Waals surface area contributed by atoms with Crippen LogP contribution in [0.4, 0.5) is 11.4 Å². The van der Waals surface area contributed by atoms with Gasteiger partial charge >= 0.3 is 11.4 Å². The van der Waals surface area contributed by atoms with E-state index in [-0.39, 0.29) is 0 Å². The van der Waals surface area contributed by atoms with Gasteiger partial charge in [-0.2, -0.15) is 0 Å². The van der Waals surface area contributed by atoms with Gasteiger partial charge in [0.2, 0.25) is 0 Å². The number of hydrogen-bond acceptors (Lipinski definition) is 8. The van der Waals surface area contributed by atoms with Crippen LogP contribution in [-0.4, -0.2) is 31.6 Å². The number of nitrogens with zero attached hydrogens (tertiary/aromatic N) is 2. The number of ketones is 2. The number of phenols is 2. The first kappa shape index (κ1) is 21.0. The smallest absolute Gasteiger partial charge is 0.311 e. The van der Waals surface area contributed by atoms with E-state index in [9.17, 15) is 40.0 Å². The Balaban J connectivity index is 2.01. The van der Waals surface area contributed by atoms with Gasteiger partial charge in [0.05, 0.1) is 16.3 Å². The maximum Gasteiger partial charge on any atom is 0.311 e. The molecule has 2 N–H and O–H groups in total. The first-order chi connectivity index (χ1) is 13.7. The molecule has 2 aromatic rings. The van der Waals surface area contributed by atoms with E-state index in [1.54, 1.807) is 0 Å². The van der Waals surface area contributed by atoms with Gasteiger partial charge in [0, 0.05) is 12.1 Å². The molecule has 0 aliphatic carbocycles. The minimum absolute atomic E-state index is 0.294. The Morgan fingerprint density at radius 3 is 1.52 bits per heavy atom. The summed E-state index contributed by atoms with van der Waals surface area (Å²) in [6.07, 6.45) is 4.22. The summed E-state index contributed by atoms with van der Waals surface area (Å²) in [4.78, 5) is 43.7. The second kappa shape index (κ2) is 9.04. The van der Waals surface area contributed by atoms with Crippen molar-refractivity contribution in [3.8, 4) is 11.5 Å². The van der Waals surface area contributed by atoms with Crippen LogP contribution < -0.4 is 0 Å². The number of hydrogen-bond donors (Lipinski definition) is 2. The highest BCUT2D eigenvalue weighted by Crippen LogP contribution is 2.27. The van der Waals surface area contributed by atoms with Crippen molar-refractivity contribution < 1.29 is 29.6 Å². The average Bonchev–Trinajstić information content (AvgIpc) is 2.66. The zero-order valence-corrected chi connectivity index (χ0v) is 14.7. The summed E-state index contributed by atoms with van der Waals surface area (Å²) in [6, 6.07) is 7.13. The maximum absolute atomic E-state index is 11.9. The Hall–Kier alpha value is -4.34. The fourth-order valence-corrected chi connectivity index (χ4v) is 2.25. The summed E-state index contributed by atoms with van der Waals surface area (Å²) < 4.78 is 0. The van der Waals surface area contributed by atoms with Crippen LogP contribution in [0.1, 0.15) is 17.5 Å². The molecule has 0 radical (unpaired) electrons. The van der Waals surface area contributed by atoms with Gasteiger partial charge < -0.3 is 10.2 Å². The zero-order valence-electron chi connectivity index (χ0n) is 14.7. The number of aromatic hydroxyl groups is 2. The molecule has 0 aromatic heterocycles. The number of benzene rings is 2. The maximum atomic E-state index is 11.9. The number of nitro groups is 2. The molecule has 10 heteroatoms. The Kier molecular flexibility index (Phi) is 6.54. The molecule has 148 valence electrons. The molecule has 0 atom stereocenters. The van der Waals surface area contributed by atoms with Crippen molar-refractivity contribution in [3.05, 3.63) is 79.9 Å². The van der Waals surface area contributed by atoms with Crippen molar-refractivity contribution in [2.45, 2.75) is 6.42 Å². The van der Waals surface area contributed by atoms with E-state index in [0.717, 1.165) is 36.4 Å². The number of carbonyl (C=O) groups excluding carboxylic acids is 2. The standard InChI is InChI=1S/C19H14N2O8/c22-14(5-1-12-3-7-18(24)16(9-12)20(26)27)11-15(23)6-2-13-4-8-19(25)17(10-13)21(28)29/h1-10,24-25H,11H2. The first-order valence-electron chi connectivity index (χ1n) is 8.04. The topological polar surface area (TPSA) is 161 Å². The third-order valence-electron chi connectivity index (χ3n) is 3.66. The van der Waals surface area contributed by atoms with E-state index in [1.165, 1.54) is 24.3 Å². The van der Waals surface area contributed by atoms with Crippen LogP contribution in [0.15, 0.2) is 48.6 Å². The fourth-order valence-electron chi connectivity index (χ4n) is 2.25. The third kappa shape index (κ3) is 5.82. The second-order valence-corrected chi connectivity index (χ2v) is 5.79. The summed E-state index contributed by atoms with van der Waals surface area (Å²) in [5.74, 6) is -2.14. The molecular formula is C19H14N2O8. The number of nitro benzene ring substituents is 2. The molecule has 0 unspecified atom stereocenters. The summed E-state index contributed by atoms with van der Waals surface area (Å²) in [6.45, 7) is 0. The minimum Gasteiger partial charge on any atom is -0.502 e. The monoisotopic (exact) mass is 398 g/mol. The minimum atomic E-state index is -0.767. The molecule has 0 aliphatic rings. The van der Waals surface area contributed by atoms with E-state index in [1.807, 2.05) is 0 Å². The first-order valence-corrected chi connectivity index (χ1v) is 8.04. The molecule has 0 heterocycles. The van der Waals surface area contributed by atoms with Crippen molar-refractivity contribution in [1.29, 1.82) is 0 Å². The summed E-state index contributed by atoms with van der Waals surface area (Å²) in [5, 5.41) is 40.3. The van der Waals surface area contributed by atoms with Gasteiger partial charge in [-0.15, -0.1) is 0 Å². The van der Waals surface area contributed by atoms with Gasteiger partial charge in [-0.3, -0.25) is 29.8 Å². The highest BCUT2D eigenvalue weighted by atomic mass is 16.6. The highest BCUT2D eigenvalue weighted by molar-refractivity contribution is 6.10. The largest absolute Gasteiger partial charge is 0.502 e. The van der Waals surface area contributed by atoms with Gasteiger partial charge in [0.1, 0.15) is 0 Å². The lowest BCUT2D eigenvalue weighted by Crippen LogP contribution is -2.02. The van der Waals surface area contributed by atoms with Crippen molar-refractivity contribution in [3.63, 3.8) is 0 Å². The van der Waals surface area contributed by atoms with Gasteiger partial charge in [-0.25, -0.2) is 0 Å². The molecule has 10 nitrogen and oxygen atoms in total. The number of rotatable bonds is 8. The SMILES string of the molecule is O=C(C=Cc1ccc(O)c([N+](=O)[O-])c1)CC(=O)C=Cc1ccc(O)c([N+](=O)[O-])c1. The van der Waals surface area contributed by atoms with Crippen LogP contribution in [-0.2, 0) is 9.59 Å². The lowest BCUT2D eigenvalue weighted by Gasteiger charge is -1.98. The van der Waals surface area contributed by atoms with Crippen molar-refractivity contribution in [2.75, 3.05) is 0 Å². The van der Waals surface area contributed by atoms with Crippen LogP contribution in [0, 0.1) is 20.2 Å². The Labute approximate surface area is 163 Å². The van der Waals surface area contributed by atoms with Gasteiger partial charge in [-0.1, -0.05) is 24.3 Å². The van der Waals surface area contributed by atoms with Crippen LogP contribution in [0.25, 0.3) is 12.2 Å². The van der Waals surface area contributed by atoms with Gasteiger partial charge in [0.15, 0.2) is 23.1 Å². The molecule has 0 bridgehead atoms. The molecule has 2 aromatic carbocycles. The quantitative estimate of drug-likeness (QED) is 0.296.